The molecule has 182 valence electrons. The molecule has 1 unspecified atom stereocenters. The fraction of sp³-hybridized carbons (Fsp3) is 0.760. The molecule has 2 saturated carbocycles. The van der Waals surface area contributed by atoms with E-state index in [-0.39, 0.29) is 34.0 Å². The second-order valence-corrected chi connectivity index (χ2v) is 18.1. The molecule has 5 atom stereocenters. The van der Waals surface area contributed by atoms with Crippen LogP contribution in [0.3, 0.4) is 0 Å². The molecule has 0 aromatic heterocycles. The van der Waals surface area contributed by atoms with Crippen molar-refractivity contribution >= 4 is 18.4 Å². The molecular weight excluding hydrogens is 440 g/mol. The van der Waals surface area contributed by atoms with Crippen LogP contribution in [0.25, 0.3) is 0 Å². The van der Waals surface area contributed by atoms with Gasteiger partial charge in [-0.15, -0.1) is 0 Å². The largest absolute Gasteiger partial charge is 0.414 e. The summed E-state index contributed by atoms with van der Waals surface area (Å²) in [6.45, 7) is 15.4. The van der Waals surface area contributed by atoms with Gasteiger partial charge in [0.2, 0.25) is 0 Å². The number of hydrogen-bond donors (Lipinski definition) is 1. The summed E-state index contributed by atoms with van der Waals surface area (Å²) < 4.78 is 37.3. The Bertz CT molecular complexity index is 890. The van der Waals surface area contributed by atoms with Gasteiger partial charge in [0.1, 0.15) is 0 Å². The summed E-state index contributed by atoms with van der Waals surface area (Å²) in [5.41, 5.74) is 0.933. The minimum Gasteiger partial charge on any atom is -0.414 e. The predicted molar refractivity (Wildman–Crippen MR) is 131 cm³/mol. The lowest BCUT2D eigenvalue weighted by molar-refractivity contribution is -0.0522. The molecular formula is C25H42O5SSi. The lowest BCUT2D eigenvalue weighted by Gasteiger charge is -2.49. The van der Waals surface area contributed by atoms with E-state index in [1.807, 2.05) is 6.92 Å². The molecule has 0 aliphatic heterocycles. The highest BCUT2D eigenvalue weighted by Crippen LogP contribution is 2.58. The Balaban J connectivity index is 1.68. The van der Waals surface area contributed by atoms with E-state index in [4.69, 9.17) is 8.61 Å². The van der Waals surface area contributed by atoms with Gasteiger partial charge >= 0.3 is 0 Å². The van der Waals surface area contributed by atoms with Crippen LogP contribution in [0.1, 0.15) is 65.4 Å². The molecule has 1 aromatic carbocycles. The first-order valence-corrected chi connectivity index (χ1v) is 16.3. The Labute approximate surface area is 196 Å². The molecule has 3 rings (SSSR count). The van der Waals surface area contributed by atoms with Crippen molar-refractivity contribution in [1.29, 1.82) is 0 Å². The smallest absolute Gasteiger partial charge is 0.297 e. The van der Waals surface area contributed by atoms with Gasteiger partial charge in [0.05, 0.1) is 17.6 Å². The third-order valence-corrected chi connectivity index (χ3v) is 14.4. The first-order valence-electron chi connectivity index (χ1n) is 12.0. The van der Waals surface area contributed by atoms with Crippen molar-refractivity contribution < 1.29 is 22.1 Å². The van der Waals surface area contributed by atoms with Crippen molar-refractivity contribution in [3.63, 3.8) is 0 Å². The van der Waals surface area contributed by atoms with Gasteiger partial charge in [-0.2, -0.15) is 8.42 Å². The van der Waals surface area contributed by atoms with Crippen LogP contribution in [0.5, 0.6) is 0 Å². The van der Waals surface area contributed by atoms with Gasteiger partial charge in [0, 0.05) is 6.10 Å². The first-order chi connectivity index (χ1) is 14.7. The average Bonchev–Trinajstić information content (AvgIpc) is 3.03. The van der Waals surface area contributed by atoms with Crippen molar-refractivity contribution in [3.8, 4) is 0 Å². The third kappa shape index (κ3) is 5.17. The number of fused-ring (bicyclic) bond motifs is 1. The number of rotatable bonds is 7. The lowest BCUT2D eigenvalue weighted by atomic mass is 9.63. The minimum atomic E-state index is -3.88. The summed E-state index contributed by atoms with van der Waals surface area (Å²) in [6, 6.07) is 6.60. The van der Waals surface area contributed by atoms with Crippen LogP contribution in [0.15, 0.2) is 29.2 Å². The monoisotopic (exact) mass is 482 g/mol. The normalized spacial score (nSPS) is 30.2. The van der Waals surface area contributed by atoms with Gasteiger partial charge in [-0.25, -0.2) is 0 Å². The summed E-state index contributed by atoms with van der Waals surface area (Å²) in [5.74, 6) is 0.422. The molecule has 2 aliphatic rings. The van der Waals surface area contributed by atoms with Crippen LogP contribution >= 0.6 is 0 Å². The number of benzene rings is 1. The highest BCUT2D eigenvalue weighted by molar-refractivity contribution is 7.86. The summed E-state index contributed by atoms with van der Waals surface area (Å²) in [5, 5.41) is 11.2. The van der Waals surface area contributed by atoms with Crippen molar-refractivity contribution in [1.82, 2.24) is 0 Å². The molecule has 2 fully saturated rings. The van der Waals surface area contributed by atoms with Crippen LogP contribution in [0.2, 0.25) is 18.1 Å². The van der Waals surface area contributed by atoms with E-state index in [1.54, 1.807) is 24.3 Å². The van der Waals surface area contributed by atoms with Crippen LogP contribution in [-0.2, 0) is 18.7 Å². The number of hydrogen-bond acceptors (Lipinski definition) is 5. The van der Waals surface area contributed by atoms with E-state index < -0.39 is 24.5 Å². The second-order valence-electron chi connectivity index (χ2n) is 11.7. The Kier molecular flexibility index (Phi) is 7.39. The number of aryl methyl sites for hydroxylation is 1. The van der Waals surface area contributed by atoms with Crippen LogP contribution in [-0.4, -0.2) is 40.7 Å². The number of aliphatic hydroxyl groups excluding tert-OH is 1. The van der Waals surface area contributed by atoms with Gasteiger partial charge in [0.15, 0.2) is 8.32 Å². The second kappa shape index (κ2) is 9.14. The Morgan fingerprint density at radius 2 is 1.78 bits per heavy atom. The maximum Gasteiger partial charge on any atom is 0.297 e. The molecule has 1 N–H and O–H groups in total. The summed E-state index contributed by atoms with van der Waals surface area (Å²) in [7, 11) is -5.76. The molecule has 32 heavy (non-hydrogen) atoms. The molecule has 5 nitrogen and oxygen atoms in total. The van der Waals surface area contributed by atoms with Gasteiger partial charge in [-0.05, 0) is 80.1 Å². The van der Waals surface area contributed by atoms with Crippen molar-refractivity contribution in [2.45, 2.75) is 102 Å². The Hall–Kier alpha value is -0.733. The molecule has 0 spiro atoms. The standard InChI is InChI=1S/C25H42O5SSi/c1-18-10-12-19(13-11-18)31(27,28)29-17-22(26)20-14-15-21-23(9-8-16-25(20,21)5)30-32(6,7)24(2,3)4/h10-13,20-23,26H,8-9,14-17H2,1-7H3/t20?,21-,22+,23-,25+/m0/s1. The first kappa shape index (κ1) is 25.9. The molecule has 7 heteroatoms. The third-order valence-electron chi connectivity index (χ3n) is 8.56. The van der Waals surface area contributed by atoms with Gasteiger partial charge < -0.3 is 9.53 Å². The van der Waals surface area contributed by atoms with Crippen molar-refractivity contribution in [2.24, 2.45) is 17.3 Å². The molecule has 0 radical (unpaired) electrons. The Morgan fingerprint density at radius 3 is 2.38 bits per heavy atom. The van der Waals surface area contributed by atoms with E-state index >= 15 is 0 Å². The number of aliphatic hydroxyl groups is 1. The van der Waals surface area contributed by atoms with E-state index in [0.29, 0.717) is 5.92 Å². The van der Waals surface area contributed by atoms with Crippen molar-refractivity contribution in [3.05, 3.63) is 29.8 Å². The van der Waals surface area contributed by atoms with Gasteiger partial charge in [0.25, 0.3) is 10.1 Å². The molecule has 0 heterocycles. The molecule has 0 bridgehead atoms. The fourth-order valence-corrected chi connectivity index (χ4v) is 7.85. The van der Waals surface area contributed by atoms with E-state index in [0.717, 1.165) is 37.7 Å². The molecule has 0 amide bonds. The quantitative estimate of drug-likeness (QED) is 0.400. The predicted octanol–water partition coefficient (Wildman–Crippen LogP) is 5.67. The van der Waals surface area contributed by atoms with E-state index in [9.17, 15) is 13.5 Å². The van der Waals surface area contributed by atoms with Gasteiger partial charge in [-0.1, -0.05) is 51.8 Å². The zero-order valence-electron chi connectivity index (χ0n) is 20.8. The van der Waals surface area contributed by atoms with E-state index in [2.05, 4.69) is 40.8 Å². The van der Waals surface area contributed by atoms with Gasteiger partial charge in [-0.3, -0.25) is 4.18 Å². The highest BCUT2D eigenvalue weighted by Gasteiger charge is 2.55. The molecule has 0 saturated heterocycles. The van der Waals surface area contributed by atoms with E-state index in [1.165, 1.54) is 0 Å². The molecule has 2 aliphatic carbocycles. The summed E-state index contributed by atoms with van der Waals surface area (Å²) >= 11 is 0. The molecule has 1 aromatic rings. The zero-order valence-corrected chi connectivity index (χ0v) is 22.7. The Morgan fingerprint density at radius 1 is 1.16 bits per heavy atom. The fourth-order valence-electron chi connectivity index (χ4n) is 5.54. The minimum absolute atomic E-state index is 0.0199. The highest BCUT2D eigenvalue weighted by atomic mass is 32.2. The topological polar surface area (TPSA) is 72.8 Å². The van der Waals surface area contributed by atoms with Crippen LogP contribution in [0, 0.1) is 24.2 Å². The van der Waals surface area contributed by atoms with Crippen LogP contribution < -0.4 is 0 Å². The maximum atomic E-state index is 12.6. The maximum absolute atomic E-state index is 12.6. The van der Waals surface area contributed by atoms with Crippen molar-refractivity contribution in [2.75, 3.05) is 6.61 Å². The lowest BCUT2D eigenvalue weighted by Crippen LogP contribution is -2.51. The average molecular weight is 483 g/mol. The summed E-state index contributed by atoms with van der Waals surface area (Å²) in [4.78, 5) is 0.131. The SMILES string of the molecule is Cc1ccc(S(=O)(=O)OC[C@@H](O)C2CC[C@H]3[C@@H](O[Si](C)(C)C(C)(C)C)CCC[C@]23C)cc1. The van der Waals surface area contributed by atoms with Crippen LogP contribution in [0.4, 0.5) is 0 Å². The summed E-state index contributed by atoms with van der Waals surface area (Å²) in [6.07, 6.45) is 4.52. The zero-order chi connectivity index (χ0) is 23.9.